The van der Waals surface area contributed by atoms with Crippen LogP contribution >= 0.6 is 0 Å². The highest BCUT2D eigenvalue weighted by molar-refractivity contribution is 5.87. The summed E-state index contributed by atoms with van der Waals surface area (Å²) in [6.45, 7) is 0.193. The normalized spacial score (nSPS) is 17.1. The van der Waals surface area contributed by atoms with Crippen molar-refractivity contribution in [3.63, 3.8) is 0 Å². The molecule has 1 unspecified atom stereocenters. The molecule has 1 heterocycles. The van der Waals surface area contributed by atoms with Gasteiger partial charge in [-0.1, -0.05) is 18.2 Å². The van der Waals surface area contributed by atoms with Crippen LogP contribution in [0.5, 0.6) is 0 Å². The van der Waals surface area contributed by atoms with Crippen LogP contribution < -0.4 is 16.5 Å². The molecule has 2 rings (SSSR count). The van der Waals surface area contributed by atoms with E-state index in [1.807, 2.05) is 24.3 Å². The van der Waals surface area contributed by atoms with E-state index in [9.17, 15) is 9.59 Å². The largest absolute Gasteiger partial charge is 0.384 e. The van der Waals surface area contributed by atoms with Gasteiger partial charge in [0.1, 0.15) is 0 Å². The summed E-state index contributed by atoms with van der Waals surface area (Å²) in [6.07, 6.45) is 0. The third-order valence-electron chi connectivity index (χ3n) is 2.54. The van der Waals surface area contributed by atoms with Crippen LogP contribution in [0.25, 0.3) is 0 Å². The number of amides is 2. The monoisotopic (exact) mass is 235 g/mol. The maximum Gasteiger partial charge on any atom is 0.252 e. The number of carbonyl (C=O) groups is 2. The number of nitrogens with two attached hydrogens (primary N) is 1. The number of nitrogens with one attached hydrogen (secondary N) is 2. The van der Waals surface area contributed by atoms with Gasteiger partial charge in [-0.05, 0) is 11.6 Å². The molecule has 1 aliphatic heterocycles. The van der Waals surface area contributed by atoms with Crippen LogP contribution in [0.3, 0.4) is 0 Å². The molecule has 4 N–H and O–H groups in total. The number of hydroxylamine groups is 1. The highest BCUT2D eigenvalue weighted by atomic mass is 16.7. The van der Waals surface area contributed by atoms with Gasteiger partial charge in [0.15, 0.2) is 6.61 Å². The average molecular weight is 235 g/mol. The molecule has 6 heteroatoms. The molecule has 6 nitrogen and oxygen atoms in total. The lowest BCUT2D eigenvalue weighted by atomic mass is 10.0. The first-order chi connectivity index (χ1) is 8.18. The van der Waals surface area contributed by atoms with Crippen molar-refractivity contribution in [2.45, 2.75) is 5.92 Å². The number of primary amides is 1. The summed E-state index contributed by atoms with van der Waals surface area (Å²) in [5.41, 5.74) is 8.97. The highest BCUT2D eigenvalue weighted by Gasteiger charge is 2.28. The molecule has 1 aromatic carbocycles. The van der Waals surface area contributed by atoms with Crippen molar-refractivity contribution >= 4 is 17.5 Å². The molecule has 90 valence electrons. The Bertz CT molecular complexity index is 447. The zero-order valence-corrected chi connectivity index (χ0v) is 9.10. The van der Waals surface area contributed by atoms with E-state index >= 15 is 0 Å². The quantitative estimate of drug-likeness (QED) is 0.626. The Balaban J connectivity index is 1.96. The predicted octanol–water partition coefficient (Wildman–Crippen LogP) is -0.271. The molecule has 0 saturated carbocycles. The lowest BCUT2D eigenvalue weighted by Gasteiger charge is -2.10. The van der Waals surface area contributed by atoms with Crippen LogP contribution in [-0.4, -0.2) is 25.0 Å². The van der Waals surface area contributed by atoms with Gasteiger partial charge in [-0.2, -0.15) is 0 Å². The number of hydrogen-bond donors (Lipinski definition) is 3. The highest BCUT2D eigenvalue weighted by Crippen LogP contribution is 2.30. The number of anilines is 1. The lowest BCUT2D eigenvalue weighted by Crippen LogP contribution is -2.33. The van der Waals surface area contributed by atoms with Crippen LogP contribution in [0.2, 0.25) is 0 Å². The Morgan fingerprint density at radius 1 is 1.47 bits per heavy atom. The van der Waals surface area contributed by atoms with Crippen LogP contribution in [0.15, 0.2) is 24.3 Å². The van der Waals surface area contributed by atoms with Gasteiger partial charge in [0.25, 0.3) is 5.91 Å². The van der Waals surface area contributed by atoms with Crippen molar-refractivity contribution in [2.24, 2.45) is 5.73 Å². The number of carbonyl (C=O) groups excluding carboxylic acids is 2. The maximum absolute atomic E-state index is 11.8. The van der Waals surface area contributed by atoms with E-state index in [1.165, 1.54) is 0 Å². The Kier molecular flexibility index (Phi) is 3.24. The van der Waals surface area contributed by atoms with Gasteiger partial charge in [0.05, 0.1) is 5.92 Å². The van der Waals surface area contributed by atoms with Crippen LogP contribution in [0.4, 0.5) is 5.69 Å². The van der Waals surface area contributed by atoms with Crippen molar-refractivity contribution in [1.82, 2.24) is 5.48 Å². The second-order valence-electron chi connectivity index (χ2n) is 3.74. The van der Waals surface area contributed by atoms with E-state index in [4.69, 9.17) is 5.73 Å². The van der Waals surface area contributed by atoms with E-state index in [0.29, 0.717) is 6.54 Å². The first kappa shape index (κ1) is 11.4. The van der Waals surface area contributed by atoms with E-state index in [0.717, 1.165) is 11.3 Å². The summed E-state index contributed by atoms with van der Waals surface area (Å²) in [7, 11) is 0. The molecule has 0 spiro atoms. The first-order valence-corrected chi connectivity index (χ1v) is 5.21. The van der Waals surface area contributed by atoms with E-state index < -0.39 is 5.91 Å². The van der Waals surface area contributed by atoms with Crippen molar-refractivity contribution in [3.8, 4) is 0 Å². The number of hydrogen-bond acceptors (Lipinski definition) is 4. The smallest absolute Gasteiger partial charge is 0.252 e. The van der Waals surface area contributed by atoms with Crippen molar-refractivity contribution in [2.75, 3.05) is 18.5 Å². The zero-order valence-electron chi connectivity index (χ0n) is 9.10. The molecule has 1 aromatic rings. The van der Waals surface area contributed by atoms with Crippen molar-refractivity contribution in [1.29, 1.82) is 0 Å². The molecule has 0 aliphatic carbocycles. The van der Waals surface area contributed by atoms with E-state index in [-0.39, 0.29) is 18.4 Å². The molecule has 1 atom stereocenters. The van der Waals surface area contributed by atoms with Crippen molar-refractivity contribution in [3.05, 3.63) is 29.8 Å². The minimum atomic E-state index is -0.629. The number of fused-ring (bicyclic) bond motifs is 1. The first-order valence-electron chi connectivity index (χ1n) is 5.21. The van der Waals surface area contributed by atoms with Crippen LogP contribution in [0.1, 0.15) is 11.5 Å². The fourth-order valence-corrected chi connectivity index (χ4v) is 1.77. The Hall–Kier alpha value is -2.08. The van der Waals surface area contributed by atoms with Gasteiger partial charge in [0, 0.05) is 12.2 Å². The van der Waals surface area contributed by atoms with Gasteiger partial charge in [0.2, 0.25) is 5.91 Å². The molecule has 0 fully saturated rings. The Labute approximate surface area is 98.1 Å². The summed E-state index contributed by atoms with van der Waals surface area (Å²) in [4.78, 5) is 26.9. The summed E-state index contributed by atoms with van der Waals surface area (Å²) in [5, 5.41) is 3.12. The SMILES string of the molecule is NC(=O)CONC(=O)C1CNc2ccccc21. The third-order valence-corrected chi connectivity index (χ3v) is 2.54. The average Bonchev–Trinajstić information content (AvgIpc) is 2.72. The number of benzene rings is 1. The lowest BCUT2D eigenvalue weighted by molar-refractivity contribution is -0.138. The molecular weight excluding hydrogens is 222 g/mol. The molecule has 0 bridgehead atoms. The fraction of sp³-hybridized carbons (Fsp3) is 0.273. The van der Waals surface area contributed by atoms with Gasteiger partial charge >= 0.3 is 0 Å². The number of rotatable bonds is 4. The molecule has 17 heavy (non-hydrogen) atoms. The molecule has 2 amide bonds. The number of para-hydroxylation sites is 1. The predicted molar refractivity (Wildman–Crippen MR) is 61.0 cm³/mol. The Morgan fingerprint density at radius 3 is 3.00 bits per heavy atom. The molecule has 1 aliphatic rings. The van der Waals surface area contributed by atoms with Crippen molar-refractivity contribution < 1.29 is 14.4 Å². The summed E-state index contributed by atoms with van der Waals surface area (Å²) < 4.78 is 0. The van der Waals surface area contributed by atoms with Gasteiger partial charge in [-0.3, -0.25) is 14.4 Å². The third kappa shape index (κ3) is 2.54. The maximum atomic E-state index is 11.8. The minimum absolute atomic E-state index is 0.288. The fourth-order valence-electron chi connectivity index (χ4n) is 1.77. The molecular formula is C11H13N3O3. The molecule has 0 aromatic heterocycles. The summed E-state index contributed by atoms with van der Waals surface area (Å²) in [5.74, 6) is -1.22. The van der Waals surface area contributed by atoms with Gasteiger partial charge in [-0.25, -0.2) is 5.48 Å². The minimum Gasteiger partial charge on any atom is -0.384 e. The second-order valence-corrected chi connectivity index (χ2v) is 3.74. The molecule has 0 radical (unpaired) electrons. The van der Waals surface area contributed by atoms with Crippen LogP contribution in [0, 0.1) is 0 Å². The Morgan fingerprint density at radius 2 is 2.24 bits per heavy atom. The van der Waals surface area contributed by atoms with Gasteiger partial charge in [-0.15, -0.1) is 0 Å². The standard InChI is InChI=1S/C11H13N3O3/c12-10(15)6-17-14-11(16)8-5-13-9-4-2-1-3-7(8)9/h1-4,8,13H,5-6H2,(H2,12,15)(H,14,16). The van der Waals surface area contributed by atoms with Gasteiger partial charge < -0.3 is 11.1 Å². The summed E-state index contributed by atoms with van der Waals surface area (Å²) in [6, 6.07) is 7.56. The summed E-state index contributed by atoms with van der Waals surface area (Å²) >= 11 is 0. The molecule has 0 saturated heterocycles. The zero-order chi connectivity index (χ0) is 12.3. The van der Waals surface area contributed by atoms with Crippen LogP contribution in [-0.2, 0) is 14.4 Å². The second kappa shape index (κ2) is 4.84. The van der Waals surface area contributed by atoms with E-state index in [2.05, 4.69) is 15.6 Å². The topological polar surface area (TPSA) is 93.5 Å². The van der Waals surface area contributed by atoms with E-state index in [1.54, 1.807) is 0 Å².